The second kappa shape index (κ2) is 9.93. The van der Waals surface area contributed by atoms with Crippen LogP contribution in [0.5, 0.6) is 5.75 Å². The van der Waals surface area contributed by atoms with Crippen LogP contribution in [0.1, 0.15) is 11.5 Å². The number of fused-ring (bicyclic) bond motifs is 3. The van der Waals surface area contributed by atoms with Gasteiger partial charge in [-0.3, -0.25) is 4.90 Å². The number of rotatable bonds is 7. The van der Waals surface area contributed by atoms with Crippen LogP contribution in [0.2, 0.25) is 0 Å². The highest BCUT2D eigenvalue weighted by molar-refractivity contribution is 7.92. The van der Waals surface area contributed by atoms with Gasteiger partial charge in [-0.25, -0.2) is 13.2 Å². The average Bonchev–Trinajstić information content (AvgIpc) is 3.40. The highest BCUT2D eigenvalue weighted by Gasteiger charge is 2.39. The molecule has 0 aromatic heterocycles. The Hall–Kier alpha value is -3.40. The molecule has 2 N–H and O–H groups in total. The molecule has 1 saturated heterocycles. The van der Waals surface area contributed by atoms with Gasteiger partial charge in [0.15, 0.2) is 0 Å². The number of nitrogens with zero attached hydrogens (tertiary/aromatic N) is 1. The summed E-state index contributed by atoms with van der Waals surface area (Å²) in [5.41, 5.74) is 2.58. The topological polar surface area (TPSA) is 97.0 Å². The smallest absolute Gasteiger partial charge is 0.319 e. The van der Waals surface area contributed by atoms with Gasteiger partial charge in [-0.1, -0.05) is 48.5 Å². The predicted molar refractivity (Wildman–Crippen MR) is 137 cm³/mol. The first kappa shape index (κ1) is 24.3. The second-order valence-corrected chi connectivity index (χ2v) is 10.8. The highest BCUT2D eigenvalue weighted by atomic mass is 32.2. The van der Waals surface area contributed by atoms with Gasteiger partial charge in [0.25, 0.3) is 0 Å². The lowest BCUT2D eigenvalue weighted by Crippen LogP contribution is -2.42. The van der Waals surface area contributed by atoms with Crippen LogP contribution in [-0.4, -0.2) is 65.9 Å². The minimum Gasteiger partial charge on any atom is -0.495 e. The predicted octanol–water partition coefficient (Wildman–Crippen LogP) is 3.74. The molecule has 9 heteroatoms. The number of carbonyl (C=O) groups is 1. The third kappa shape index (κ3) is 4.34. The molecule has 1 fully saturated rings. The van der Waals surface area contributed by atoms with Gasteiger partial charge in [0.1, 0.15) is 10.6 Å². The van der Waals surface area contributed by atoms with Crippen molar-refractivity contribution in [3.8, 4) is 16.9 Å². The first-order valence-electron chi connectivity index (χ1n) is 11.8. The fourth-order valence-corrected chi connectivity index (χ4v) is 7.02. The Morgan fingerprint density at radius 1 is 1.00 bits per heavy atom. The molecule has 8 nitrogen and oxygen atoms in total. The van der Waals surface area contributed by atoms with E-state index in [1.165, 1.54) is 7.11 Å². The molecule has 2 amide bonds. The summed E-state index contributed by atoms with van der Waals surface area (Å²) in [6.45, 7) is 2.89. The van der Waals surface area contributed by atoms with Crippen LogP contribution in [0.15, 0.2) is 76.5 Å². The molecule has 0 saturated carbocycles. The molecule has 0 radical (unpaired) electrons. The number of hydrogen-bond acceptors (Lipinski definition) is 6. The number of hydrogen-bond donors (Lipinski definition) is 2. The Labute approximate surface area is 211 Å². The maximum absolute atomic E-state index is 13.3. The summed E-state index contributed by atoms with van der Waals surface area (Å²) < 4.78 is 37.2. The van der Waals surface area contributed by atoms with Crippen molar-refractivity contribution >= 4 is 21.6 Å². The third-order valence-electron chi connectivity index (χ3n) is 6.86. The van der Waals surface area contributed by atoms with Gasteiger partial charge >= 0.3 is 6.03 Å². The van der Waals surface area contributed by atoms with Crippen molar-refractivity contribution < 1.29 is 22.7 Å². The van der Waals surface area contributed by atoms with Crippen LogP contribution >= 0.6 is 0 Å². The number of benzene rings is 3. The molecule has 5 rings (SSSR count). The molecule has 0 spiro atoms. The highest BCUT2D eigenvalue weighted by Crippen LogP contribution is 2.50. The maximum Gasteiger partial charge on any atom is 0.319 e. The molecule has 3 aromatic rings. The lowest BCUT2D eigenvalue weighted by molar-refractivity contribution is 0.159. The summed E-state index contributed by atoms with van der Waals surface area (Å²) in [5.74, 6) is 0.373. The van der Waals surface area contributed by atoms with E-state index in [1.54, 1.807) is 43.5 Å². The molecule has 188 valence electrons. The summed E-state index contributed by atoms with van der Waals surface area (Å²) in [4.78, 5) is 15.8. The molecule has 0 bridgehead atoms. The van der Waals surface area contributed by atoms with Gasteiger partial charge in [0.2, 0.25) is 9.84 Å². The van der Waals surface area contributed by atoms with Gasteiger partial charge in [-0.15, -0.1) is 0 Å². The lowest BCUT2D eigenvalue weighted by Gasteiger charge is -2.21. The molecule has 2 atom stereocenters. The second-order valence-electron chi connectivity index (χ2n) is 8.99. The molecule has 3 aromatic carbocycles. The van der Waals surface area contributed by atoms with E-state index in [0.717, 1.165) is 18.7 Å². The standard InChI is InChI=1S/C27H29N3O5S/c1-34-15-14-30-16-20(18-8-4-3-5-9-18)22(17-30)29-27(31)28-21-12-13-23(35-2)26-25(21)19-10-6-7-11-24(19)36(26,32)33/h3-13,20,22H,14-17H2,1-2H3,(H2,28,29,31)/t20-,22+/m0/s1. The number of anilines is 1. The molecule has 0 unspecified atom stereocenters. The average molecular weight is 508 g/mol. The molecule has 2 aliphatic heterocycles. The van der Waals surface area contributed by atoms with E-state index in [-0.39, 0.29) is 33.5 Å². The number of sulfone groups is 1. The molecule has 2 heterocycles. The van der Waals surface area contributed by atoms with Crippen LogP contribution < -0.4 is 15.4 Å². The summed E-state index contributed by atoms with van der Waals surface area (Å²) in [6.07, 6.45) is 0. The zero-order valence-corrected chi connectivity index (χ0v) is 21.0. The van der Waals surface area contributed by atoms with E-state index < -0.39 is 9.84 Å². The van der Waals surface area contributed by atoms with Crippen molar-refractivity contribution in [3.63, 3.8) is 0 Å². The van der Waals surface area contributed by atoms with Crippen LogP contribution in [0.4, 0.5) is 10.5 Å². The summed E-state index contributed by atoms with van der Waals surface area (Å²) in [5, 5.41) is 6.05. The van der Waals surface area contributed by atoms with Crippen molar-refractivity contribution in [2.45, 2.75) is 21.8 Å². The number of urea groups is 1. The molecule has 0 aliphatic carbocycles. The quantitative estimate of drug-likeness (QED) is 0.396. The van der Waals surface area contributed by atoms with Crippen LogP contribution in [-0.2, 0) is 14.6 Å². The van der Waals surface area contributed by atoms with Gasteiger partial charge in [-0.05, 0) is 23.8 Å². The minimum atomic E-state index is -3.76. The number of ether oxygens (including phenoxy) is 2. The summed E-state index contributed by atoms with van der Waals surface area (Å²) in [7, 11) is -0.647. The lowest BCUT2D eigenvalue weighted by atomic mass is 9.94. The minimum absolute atomic E-state index is 0.0813. The Morgan fingerprint density at radius 3 is 2.50 bits per heavy atom. The summed E-state index contributed by atoms with van der Waals surface area (Å²) >= 11 is 0. The van der Waals surface area contributed by atoms with E-state index >= 15 is 0 Å². The number of nitrogens with one attached hydrogen (secondary N) is 2. The molecular weight excluding hydrogens is 478 g/mol. The number of carbonyl (C=O) groups excluding carboxylic acids is 1. The Bertz CT molecular complexity index is 1380. The largest absolute Gasteiger partial charge is 0.495 e. The summed E-state index contributed by atoms with van der Waals surface area (Å²) in [6, 6.07) is 19.7. The zero-order chi connectivity index (χ0) is 25.3. The number of likely N-dealkylation sites (tertiary alicyclic amines) is 1. The number of amides is 2. The van der Waals surface area contributed by atoms with E-state index in [1.807, 2.05) is 18.2 Å². The molecular formula is C27H29N3O5S. The Morgan fingerprint density at radius 2 is 1.75 bits per heavy atom. The van der Waals surface area contributed by atoms with Crippen LogP contribution in [0.25, 0.3) is 11.1 Å². The Kier molecular flexibility index (Phi) is 6.70. The van der Waals surface area contributed by atoms with Gasteiger partial charge < -0.3 is 20.1 Å². The van der Waals surface area contributed by atoms with Gasteiger partial charge in [0, 0.05) is 43.8 Å². The van der Waals surface area contributed by atoms with Crippen LogP contribution in [0.3, 0.4) is 0 Å². The third-order valence-corrected chi connectivity index (χ3v) is 8.73. The maximum atomic E-state index is 13.3. The molecule has 2 aliphatic rings. The van der Waals surface area contributed by atoms with E-state index in [2.05, 4.69) is 27.7 Å². The van der Waals surface area contributed by atoms with E-state index in [0.29, 0.717) is 30.0 Å². The van der Waals surface area contributed by atoms with E-state index in [9.17, 15) is 13.2 Å². The van der Waals surface area contributed by atoms with Gasteiger partial charge in [-0.2, -0.15) is 0 Å². The normalized spacial score (nSPS) is 19.9. The van der Waals surface area contributed by atoms with Crippen molar-refractivity contribution in [1.82, 2.24) is 10.2 Å². The fraction of sp³-hybridized carbons (Fsp3) is 0.296. The first-order chi connectivity index (χ1) is 17.4. The number of methoxy groups -OCH3 is 2. The van der Waals surface area contributed by atoms with Gasteiger partial charge in [0.05, 0.1) is 30.3 Å². The first-order valence-corrected chi connectivity index (χ1v) is 13.3. The monoisotopic (exact) mass is 507 g/mol. The van der Waals surface area contributed by atoms with Crippen LogP contribution in [0, 0.1) is 0 Å². The van der Waals surface area contributed by atoms with Crippen molar-refractivity contribution in [1.29, 1.82) is 0 Å². The van der Waals surface area contributed by atoms with E-state index in [4.69, 9.17) is 9.47 Å². The van der Waals surface area contributed by atoms with Crippen molar-refractivity contribution in [2.75, 3.05) is 45.8 Å². The fourth-order valence-electron chi connectivity index (χ4n) is 5.18. The SMILES string of the molecule is COCCN1C[C@@H](NC(=O)Nc2ccc(OC)c3c2-c2ccccc2S3(=O)=O)[C@H](c2ccccc2)C1. The molecule has 36 heavy (non-hydrogen) atoms. The zero-order valence-electron chi connectivity index (χ0n) is 20.2. The van der Waals surface area contributed by atoms with Crippen molar-refractivity contribution in [2.24, 2.45) is 0 Å². The van der Waals surface area contributed by atoms with Crippen molar-refractivity contribution in [3.05, 3.63) is 72.3 Å². The Balaban J connectivity index is 1.42.